The van der Waals surface area contributed by atoms with Crippen molar-refractivity contribution < 1.29 is 4.74 Å². The van der Waals surface area contributed by atoms with E-state index in [9.17, 15) is 0 Å². The Kier molecular flexibility index (Phi) is 7.06. The van der Waals surface area contributed by atoms with Crippen molar-refractivity contribution in [1.82, 2.24) is 9.55 Å². The van der Waals surface area contributed by atoms with Crippen molar-refractivity contribution in [3.8, 4) is 0 Å². The van der Waals surface area contributed by atoms with E-state index in [4.69, 9.17) is 9.72 Å². The minimum absolute atomic E-state index is 0.718. The summed E-state index contributed by atoms with van der Waals surface area (Å²) < 4.78 is 14.4. The second-order valence-electron chi connectivity index (χ2n) is 6.50. The topological polar surface area (TPSA) is 27.1 Å². The summed E-state index contributed by atoms with van der Waals surface area (Å²) in [4.78, 5) is 4.71. The van der Waals surface area contributed by atoms with Gasteiger partial charge in [-0.15, -0.1) is 0 Å². The number of nitrogens with zero attached hydrogens (tertiary/aromatic N) is 2. The van der Waals surface area contributed by atoms with Gasteiger partial charge in [0.2, 0.25) is 0 Å². The van der Waals surface area contributed by atoms with Crippen LogP contribution in [0.1, 0.15) is 58.7 Å². The van der Waals surface area contributed by atoms with E-state index in [-0.39, 0.29) is 0 Å². The number of fused-ring (bicyclic) bond motifs is 1. The van der Waals surface area contributed by atoms with E-state index in [0.717, 1.165) is 19.8 Å². The molecule has 0 atom stereocenters. The van der Waals surface area contributed by atoms with Crippen LogP contribution in [0.5, 0.6) is 0 Å². The van der Waals surface area contributed by atoms with Gasteiger partial charge in [-0.3, -0.25) is 0 Å². The Bertz CT molecular complexity index is 422. The fourth-order valence-corrected chi connectivity index (χ4v) is 20.0. The first-order chi connectivity index (χ1) is 10.3. The summed E-state index contributed by atoms with van der Waals surface area (Å²) in [6, 6.07) is 0. The first-order valence-electron chi connectivity index (χ1n) is 8.90. The molecule has 2 heterocycles. The molecule has 0 fully saturated rings. The van der Waals surface area contributed by atoms with Crippen molar-refractivity contribution >= 4 is 22.1 Å². The van der Waals surface area contributed by atoms with Crippen LogP contribution in [0.15, 0.2) is 6.20 Å². The van der Waals surface area contributed by atoms with Crippen LogP contribution in [0.3, 0.4) is 0 Å². The Labute approximate surface area is 134 Å². The number of aromatic nitrogens is 2. The average Bonchev–Trinajstić information content (AvgIpc) is 2.95. The van der Waals surface area contributed by atoms with Crippen LogP contribution >= 0.6 is 0 Å². The Morgan fingerprint density at radius 3 is 2.43 bits per heavy atom. The molecule has 0 amide bonds. The van der Waals surface area contributed by atoms with Crippen molar-refractivity contribution in [3.63, 3.8) is 0 Å². The molecule has 1 aromatic rings. The Hall–Kier alpha value is -0.0313. The fourth-order valence-electron chi connectivity index (χ4n) is 3.79. The van der Waals surface area contributed by atoms with Crippen LogP contribution in [0, 0.1) is 0 Å². The Morgan fingerprint density at radius 2 is 1.81 bits per heavy atom. The third-order valence-corrected chi connectivity index (χ3v) is 20.8. The number of imidazole rings is 1. The zero-order valence-electron chi connectivity index (χ0n) is 14.2. The van der Waals surface area contributed by atoms with Crippen LogP contribution < -0.4 is 3.71 Å². The molecule has 0 aliphatic carbocycles. The molecule has 21 heavy (non-hydrogen) atoms. The van der Waals surface area contributed by atoms with Crippen LogP contribution in [0.2, 0.25) is 13.3 Å². The number of hydrogen-bond acceptors (Lipinski definition) is 2. The summed E-state index contributed by atoms with van der Waals surface area (Å²) >= 11 is -2.28. The van der Waals surface area contributed by atoms with E-state index >= 15 is 0 Å². The van der Waals surface area contributed by atoms with E-state index in [0.29, 0.717) is 0 Å². The predicted molar refractivity (Wildman–Crippen MR) is 91.8 cm³/mol. The molecule has 1 aliphatic heterocycles. The molecule has 0 bridgehead atoms. The molecular weight excluding hydrogens is 367 g/mol. The molecule has 3 nitrogen and oxygen atoms in total. The normalized spacial score (nSPS) is 15.2. The van der Waals surface area contributed by atoms with Crippen LogP contribution in [0.4, 0.5) is 0 Å². The molecule has 0 radical (unpaired) electrons. The minimum atomic E-state index is -2.28. The number of rotatable bonds is 9. The molecule has 1 aromatic heterocycles. The van der Waals surface area contributed by atoms with Gasteiger partial charge in [-0.05, 0) is 0 Å². The van der Waals surface area contributed by atoms with Crippen molar-refractivity contribution in [3.05, 3.63) is 12.0 Å². The standard InChI is InChI=1S/C6H7N2O.2C4H9.C3H7.Sn/c1-2-8-3-4-9-5-6(8)7-1;2*1-3-4-2;1-3-2;/h1H,3-5H2;2*1,3-4H2,2H3;1,3H2,2H3;. The van der Waals surface area contributed by atoms with Gasteiger partial charge in [0.15, 0.2) is 0 Å². The molecule has 0 saturated carbocycles. The molecule has 120 valence electrons. The third-order valence-electron chi connectivity index (χ3n) is 4.92. The Balaban J connectivity index is 2.33. The van der Waals surface area contributed by atoms with Gasteiger partial charge in [0.05, 0.1) is 0 Å². The van der Waals surface area contributed by atoms with Gasteiger partial charge in [-0.25, -0.2) is 0 Å². The van der Waals surface area contributed by atoms with Gasteiger partial charge in [-0.1, -0.05) is 0 Å². The van der Waals surface area contributed by atoms with E-state index in [1.54, 1.807) is 3.71 Å². The number of hydrogen-bond donors (Lipinski definition) is 0. The quantitative estimate of drug-likeness (QED) is 0.586. The monoisotopic (exact) mass is 400 g/mol. The Morgan fingerprint density at radius 1 is 1.10 bits per heavy atom. The molecule has 2 rings (SSSR count). The van der Waals surface area contributed by atoms with Gasteiger partial charge in [0.1, 0.15) is 0 Å². The average molecular weight is 399 g/mol. The van der Waals surface area contributed by atoms with Gasteiger partial charge in [0.25, 0.3) is 0 Å². The fraction of sp³-hybridized carbons (Fsp3) is 0.824. The first kappa shape index (κ1) is 17.3. The second kappa shape index (κ2) is 8.56. The van der Waals surface area contributed by atoms with E-state index in [1.807, 2.05) is 0 Å². The molecule has 0 aromatic carbocycles. The molecule has 0 N–H and O–H groups in total. The van der Waals surface area contributed by atoms with Crippen molar-refractivity contribution in [2.75, 3.05) is 6.61 Å². The zero-order chi connectivity index (χ0) is 15.1. The third kappa shape index (κ3) is 4.04. The first-order valence-corrected chi connectivity index (χ1v) is 16.4. The van der Waals surface area contributed by atoms with E-state index < -0.39 is 18.4 Å². The van der Waals surface area contributed by atoms with E-state index in [2.05, 4.69) is 31.5 Å². The summed E-state index contributed by atoms with van der Waals surface area (Å²) in [7, 11) is 0. The zero-order valence-corrected chi connectivity index (χ0v) is 17.0. The molecule has 0 unspecified atom stereocenters. The van der Waals surface area contributed by atoms with Crippen LogP contribution in [-0.4, -0.2) is 34.5 Å². The molecule has 0 spiro atoms. The molecule has 0 saturated heterocycles. The maximum absolute atomic E-state index is 5.58. The summed E-state index contributed by atoms with van der Waals surface area (Å²) in [5.41, 5.74) is 0. The summed E-state index contributed by atoms with van der Waals surface area (Å²) in [5, 5.41) is 0. The second-order valence-corrected chi connectivity index (χ2v) is 19.6. The summed E-state index contributed by atoms with van der Waals surface area (Å²) in [6.07, 6.45) is 9.09. The predicted octanol–water partition coefficient (Wildman–Crippen LogP) is 4.08. The van der Waals surface area contributed by atoms with Gasteiger partial charge in [0, 0.05) is 0 Å². The number of unbranched alkanes of at least 4 members (excludes halogenated alkanes) is 2. The summed E-state index contributed by atoms with van der Waals surface area (Å²) in [5.74, 6) is 1.18. The SMILES string of the molecule is CCC[CH2][Sn]([CH2]CC)([CH2]CCC)[c]1cnc2n1CCOC2. The summed E-state index contributed by atoms with van der Waals surface area (Å²) in [6.45, 7) is 9.66. The maximum atomic E-state index is 5.58. The van der Waals surface area contributed by atoms with Crippen molar-refractivity contribution in [2.24, 2.45) is 0 Å². The van der Waals surface area contributed by atoms with E-state index in [1.165, 1.54) is 51.2 Å². The van der Waals surface area contributed by atoms with Crippen molar-refractivity contribution in [1.29, 1.82) is 0 Å². The van der Waals surface area contributed by atoms with Gasteiger partial charge >= 0.3 is 134 Å². The van der Waals surface area contributed by atoms with Gasteiger partial charge < -0.3 is 0 Å². The van der Waals surface area contributed by atoms with Gasteiger partial charge in [-0.2, -0.15) is 0 Å². The van der Waals surface area contributed by atoms with Crippen molar-refractivity contribution in [2.45, 2.75) is 79.3 Å². The van der Waals surface area contributed by atoms with Crippen LogP contribution in [-0.2, 0) is 17.9 Å². The number of ether oxygens (including phenoxy) is 1. The van der Waals surface area contributed by atoms with Crippen LogP contribution in [0.25, 0.3) is 0 Å². The molecule has 1 aliphatic rings. The molecular formula is C17H32N2OSn. The molecule has 4 heteroatoms.